The van der Waals surface area contributed by atoms with Crippen molar-refractivity contribution in [1.29, 1.82) is 0 Å². The molecule has 4 N–H and O–H groups in total. The van der Waals surface area contributed by atoms with Crippen LogP contribution in [-0.2, 0) is 23.1 Å². The molecule has 0 aromatic rings. The first-order chi connectivity index (χ1) is 15.3. The number of esters is 1. The van der Waals surface area contributed by atoms with E-state index < -0.39 is 45.8 Å². The molecule has 0 aliphatic rings. The number of carbonyl (C=O) groups excluding carboxylic acids is 1. The smallest absolute Gasteiger partial charge is 0.463 e. The second-order valence-corrected chi connectivity index (χ2v) is 9.68. The molecule has 0 saturated heterocycles. The first kappa shape index (κ1) is 35.6. The van der Waals surface area contributed by atoms with E-state index in [4.69, 9.17) is 14.9 Å². The molecular formula is C22H45NaO9P. The number of hydrogen-bond donors (Lipinski definition) is 4. The largest absolute Gasteiger partial charge is 0.472 e. The van der Waals surface area contributed by atoms with E-state index in [0.29, 0.717) is 0 Å². The van der Waals surface area contributed by atoms with Gasteiger partial charge in [0.05, 0.1) is 19.8 Å². The number of carbonyl (C=O) groups is 1. The van der Waals surface area contributed by atoms with Crippen LogP contribution in [0.2, 0.25) is 0 Å². The fourth-order valence-corrected chi connectivity index (χ4v) is 3.84. The molecule has 0 amide bonds. The van der Waals surface area contributed by atoms with Gasteiger partial charge < -0.3 is 24.9 Å². The van der Waals surface area contributed by atoms with Crippen molar-refractivity contribution < 1.29 is 43.4 Å². The molecule has 0 aliphatic heterocycles. The van der Waals surface area contributed by atoms with E-state index in [-0.39, 0.29) is 42.6 Å². The molecule has 0 heterocycles. The van der Waals surface area contributed by atoms with E-state index in [2.05, 4.69) is 16.0 Å². The zero-order valence-corrected chi connectivity index (χ0v) is 23.6. The second kappa shape index (κ2) is 24.2. The predicted molar refractivity (Wildman–Crippen MR) is 128 cm³/mol. The number of ether oxygens (including phenoxy) is 1. The molecule has 9 nitrogen and oxygen atoms in total. The Balaban J connectivity index is 0. The summed E-state index contributed by atoms with van der Waals surface area (Å²) in [5.74, 6) is -0.429. The molecule has 33 heavy (non-hydrogen) atoms. The normalized spacial score (nSPS) is 14.8. The average molecular weight is 508 g/mol. The Hall–Kier alpha value is 0.460. The third kappa shape index (κ3) is 25.4. The number of unbranched alkanes of at least 4 members (excludes halogenated alkanes) is 12. The second-order valence-electron chi connectivity index (χ2n) is 8.23. The van der Waals surface area contributed by atoms with Crippen LogP contribution < -0.4 is 0 Å². The van der Waals surface area contributed by atoms with Crippen molar-refractivity contribution in [2.75, 3.05) is 26.4 Å². The average Bonchev–Trinajstić information content (AvgIpc) is 2.77. The maximum atomic E-state index is 11.7. The van der Waals surface area contributed by atoms with Crippen LogP contribution in [0.1, 0.15) is 96.8 Å². The van der Waals surface area contributed by atoms with Crippen LogP contribution in [0.15, 0.2) is 0 Å². The minimum atomic E-state index is -4.48. The Kier molecular flexibility index (Phi) is 26.1. The summed E-state index contributed by atoms with van der Waals surface area (Å²) in [6.07, 6.45) is 13.5. The fraction of sp³-hybridized carbons (Fsp3) is 0.955. The van der Waals surface area contributed by atoms with Gasteiger partial charge in [-0.1, -0.05) is 84.0 Å². The molecule has 1 radical (unpaired) electrons. The van der Waals surface area contributed by atoms with Crippen LogP contribution in [0.5, 0.6) is 0 Å². The van der Waals surface area contributed by atoms with Gasteiger partial charge in [-0.15, -0.1) is 0 Å². The van der Waals surface area contributed by atoms with Gasteiger partial charge in [0, 0.05) is 36.0 Å². The molecule has 2 unspecified atom stereocenters. The van der Waals surface area contributed by atoms with Crippen LogP contribution in [-0.4, -0.2) is 94.4 Å². The molecule has 0 aromatic carbocycles. The van der Waals surface area contributed by atoms with Crippen LogP contribution in [0.3, 0.4) is 0 Å². The summed E-state index contributed by atoms with van der Waals surface area (Å²) in [5.41, 5.74) is 0. The Morgan fingerprint density at radius 2 is 1.18 bits per heavy atom. The summed E-state index contributed by atoms with van der Waals surface area (Å²) >= 11 is 0. The number of rotatable bonds is 23. The summed E-state index contributed by atoms with van der Waals surface area (Å²) in [6.45, 7) is 0.0932. The molecule has 0 spiro atoms. The summed E-state index contributed by atoms with van der Waals surface area (Å²) < 4.78 is 25.5. The maximum absolute atomic E-state index is 11.7. The van der Waals surface area contributed by atoms with E-state index in [0.717, 1.165) is 19.3 Å². The van der Waals surface area contributed by atoms with Gasteiger partial charge in [0.1, 0.15) is 18.8 Å². The van der Waals surface area contributed by atoms with Crippen LogP contribution in [0, 0.1) is 0 Å². The minimum absolute atomic E-state index is 0. The van der Waals surface area contributed by atoms with Gasteiger partial charge in [-0.2, -0.15) is 0 Å². The van der Waals surface area contributed by atoms with Crippen molar-refractivity contribution in [3.8, 4) is 0 Å². The molecule has 193 valence electrons. The first-order valence-electron chi connectivity index (χ1n) is 12.0. The molecule has 0 rings (SSSR count). The number of aliphatic hydroxyl groups is 3. The summed E-state index contributed by atoms with van der Waals surface area (Å²) in [6, 6.07) is 0. The Morgan fingerprint density at radius 3 is 1.64 bits per heavy atom. The molecule has 3 atom stereocenters. The van der Waals surface area contributed by atoms with Crippen molar-refractivity contribution in [1.82, 2.24) is 0 Å². The van der Waals surface area contributed by atoms with E-state index in [1.807, 2.05) is 0 Å². The molecule has 0 bridgehead atoms. The fourth-order valence-electron chi connectivity index (χ4n) is 3.05. The zero-order chi connectivity index (χ0) is 24.1. The third-order valence-electron chi connectivity index (χ3n) is 4.99. The zero-order valence-electron chi connectivity index (χ0n) is 20.7. The first-order valence-corrected chi connectivity index (χ1v) is 13.5. The number of hydrogen-bond acceptors (Lipinski definition) is 8. The van der Waals surface area contributed by atoms with Gasteiger partial charge in [-0.25, -0.2) is 4.57 Å². The van der Waals surface area contributed by atoms with Crippen LogP contribution in [0.4, 0.5) is 0 Å². The SMILES string of the molecule is CCCCCCCCCCCCCCCC(=O)OC[C@@H](O)COP(=O)(O)OCC(O)CO.[Na]. The van der Waals surface area contributed by atoms with Gasteiger partial charge in [0.2, 0.25) is 0 Å². The standard InChI is InChI=1S/C22H45O9P.Na/c1-2-3-4-5-6-7-8-9-10-11-12-13-14-15-22(26)29-17-21(25)19-31-32(27,28)30-18-20(24)16-23;/h20-21,23-25H,2-19H2,1H3,(H,27,28);/t20?,21-;/m1./s1. The monoisotopic (exact) mass is 507 g/mol. The minimum Gasteiger partial charge on any atom is -0.463 e. The third-order valence-corrected chi connectivity index (χ3v) is 5.94. The van der Waals surface area contributed by atoms with Crippen molar-refractivity contribution in [3.05, 3.63) is 0 Å². The van der Waals surface area contributed by atoms with E-state index in [9.17, 15) is 19.4 Å². The molecule has 0 aromatic heterocycles. The van der Waals surface area contributed by atoms with Crippen molar-refractivity contribution in [2.24, 2.45) is 0 Å². The summed E-state index contributed by atoms with van der Waals surface area (Å²) in [7, 11) is -4.48. The van der Waals surface area contributed by atoms with Gasteiger partial charge in [0.15, 0.2) is 0 Å². The molecule has 11 heteroatoms. The Morgan fingerprint density at radius 1 is 0.758 bits per heavy atom. The number of phosphoric ester groups is 1. The van der Waals surface area contributed by atoms with Gasteiger partial charge >= 0.3 is 13.8 Å². The molecular weight excluding hydrogens is 462 g/mol. The number of phosphoric acid groups is 1. The quantitative estimate of drug-likeness (QED) is 0.0707. The van der Waals surface area contributed by atoms with E-state index in [1.165, 1.54) is 64.2 Å². The Labute approximate surface area is 221 Å². The van der Waals surface area contributed by atoms with Crippen LogP contribution in [0.25, 0.3) is 0 Å². The topological polar surface area (TPSA) is 143 Å². The molecule has 0 saturated carbocycles. The molecule has 0 fully saturated rings. The summed E-state index contributed by atoms with van der Waals surface area (Å²) in [4.78, 5) is 21.1. The van der Waals surface area contributed by atoms with Crippen molar-refractivity contribution in [2.45, 2.75) is 109 Å². The predicted octanol–water partition coefficient (Wildman–Crippen LogP) is 3.48. The van der Waals surface area contributed by atoms with Gasteiger partial charge in [-0.05, 0) is 6.42 Å². The van der Waals surface area contributed by atoms with Gasteiger partial charge in [-0.3, -0.25) is 13.8 Å². The van der Waals surface area contributed by atoms with E-state index >= 15 is 0 Å². The van der Waals surface area contributed by atoms with Crippen LogP contribution >= 0.6 is 7.82 Å². The summed E-state index contributed by atoms with van der Waals surface area (Å²) in [5, 5.41) is 27.4. The van der Waals surface area contributed by atoms with Crippen molar-refractivity contribution >= 4 is 43.3 Å². The van der Waals surface area contributed by atoms with Crippen molar-refractivity contribution in [3.63, 3.8) is 0 Å². The molecule has 0 aliphatic carbocycles. The van der Waals surface area contributed by atoms with Gasteiger partial charge in [0.25, 0.3) is 0 Å². The van der Waals surface area contributed by atoms with E-state index in [1.54, 1.807) is 0 Å². The number of aliphatic hydroxyl groups excluding tert-OH is 3. The maximum Gasteiger partial charge on any atom is 0.472 e. The Bertz CT molecular complexity index is 496.